The molecule has 3 N–H and O–H groups in total. The summed E-state index contributed by atoms with van der Waals surface area (Å²) in [6.07, 6.45) is 4.88. The van der Waals surface area contributed by atoms with Crippen LogP contribution in [0.25, 0.3) is 0 Å². The Morgan fingerprint density at radius 2 is 1.91 bits per heavy atom. The second-order valence-corrected chi connectivity index (χ2v) is 10.6. The van der Waals surface area contributed by atoms with Crippen molar-refractivity contribution < 1.29 is 4.79 Å². The largest absolute Gasteiger partial charge is 0.353 e. The van der Waals surface area contributed by atoms with Crippen LogP contribution in [-0.2, 0) is 0 Å². The molecule has 1 aromatic heterocycles. The number of carbonyl (C=O) groups is 1. The van der Waals surface area contributed by atoms with Crippen molar-refractivity contribution in [3.8, 4) is 0 Å². The molecule has 0 radical (unpaired) electrons. The van der Waals surface area contributed by atoms with Crippen LogP contribution in [0.15, 0.2) is 41.0 Å². The van der Waals surface area contributed by atoms with Gasteiger partial charge in [0.25, 0.3) is 5.91 Å². The zero-order chi connectivity index (χ0) is 24.2. The molecule has 0 unspecified atom stereocenters. The van der Waals surface area contributed by atoms with Gasteiger partial charge in [-0.05, 0) is 43.0 Å². The Balaban J connectivity index is 1.36. The number of anilines is 1. The van der Waals surface area contributed by atoms with Crippen molar-refractivity contribution in [3.63, 3.8) is 0 Å². The molecule has 182 valence electrons. The number of nitrogens with one attached hydrogen (secondary N) is 1. The van der Waals surface area contributed by atoms with Crippen LogP contribution < -0.4 is 16.2 Å². The van der Waals surface area contributed by atoms with Gasteiger partial charge in [-0.2, -0.15) is 0 Å². The van der Waals surface area contributed by atoms with Crippen LogP contribution in [0.5, 0.6) is 0 Å². The van der Waals surface area contributed by atoms with Crippen molar-refractivity contribution in [1.29, 1.82) is 0 Å². The number of rotatable bonds is 6. The number of hydrogen-bond donors (Lipinski definition) is 2. The number of nitrogen functional groups attached to an aromatic ring is 1. The number of benzene rings is 1. The van der Waals surface area contributed by atoms with E-state index in [1.165, 1.54) is 11.8 Å². The number of piperazine rings is 1. The van der Waals surface area contributed by atoms with Gasteiger partial charge in [0.05, 0.1) is 10.6 Å². The molecule has 1 amide bonds. The highest BCUT2D eigenvalue weighted by atomic mass is 79.9. The molecule has 1 aromatic carbocycles. The second kappa shape index (κ2) is 11.5. The molecule has 3 heterocycles. The first-order valence-corrected chi connectivity index (χ1v) is 13.3. The van der Waals surface area contributed by atoms with Gasteiger partial charge in [0.2, 0.25) is 0 Å². The van der Waals surface area contributed by atoms with Gasteiger partial charge in [-0.15, -0.1) is 8.86 Å². The Morgan fingerprint density at radius 1 is 1.21 bits per heavy atom. The van der Waals surface area contributed by atoms with Crippen LogP contribution in [0.1, 0.15) is 42.1 Å². The summed E-state index contributed by atoms with van der Waals surface area (Å²) in [6.45, 7) is 7.03. The Bertz CT molecular complexity index is 1030. The maximum absolute atomic E-state index is 11.8. The van der Waals surface area contributed by atoms with Crippen LogP contribution in [0.3, 0.4) is 0 Å². The van der Waals surface area contributed by atoms with E-state index in [0.717, 1.165) is 67.7 Å². The SMILES string of the molecule is CC[C@H]1CN(c2ncc(C(=O)NN)cc2Cl)CCN1C1CCN(C(=P)c2ccc(Br)cc2)CC1. The molecule has 2 aliphatic heterocycles. The number of nitrogens with zero attached hydrogens (tertiary/aromatic N) is 4. The van der Waals surface area contributed by atoms with Crippen molar-refractivity contribution >= 4 is 53.5 Å². The summed E-state index contributed by atoms with van der Waals surface area (Å²) in [5.74, 6) is 5.56. The van der Waals surface area contributed by atoms with Crippen molar-refractivity contribution in [2.75, 3.05) is 37.6 Å². The Hall–Kier alpha value is -1.54. The van der Waals surface area contributed by atoms with Gasteiger partial charge in [-0.3, -0.25) is 20.0 Å². The highest BCUT2D eigenvalue weighted by molar-refractivity contribution is 9.10. The fourth-order valence-electron chi connectivity index (χ4n) is 4.99. The third kappa shape index (κ3) is 5.64. The second-order valence-electron chi connectivity index (χ2n) is 8.82. The zero-order valence-corrected chi connectivity index (χ0v) is 22.6. The molecule has 2 fully saturated rings. The lowest BCUT2D eigenvalue weighted by atomic mass is 9.97. The summed E-state index contributed by atoms with van der Waals surface area (Å²) in [4.78, 5) is 23.6. The summed E-state index contributed by atoms with van der Waals surface area (Å²) in [5.41, 5.74) is 4.85. The maximum Gasteiger partial charge on any atom is 0.266 e. The smallest absolute Gasteiger partial charge is 0.266 e. The predicted molar refractivity (Wildman–Crippen MR) is 145 cm³/mol. The highest BCUT2D eigenvalue weighted by Crippen LogP contribution is 2.30. The molecular weight excluding hydrogens is 535 g/mol. The third-order valence-electron chi connectivity index (χ3n) is 6.88. The van der Waals surface area contributed by atoms with Crippen molar-refractivity contribution in [1.82, 2.24) is 20.2 Å². The molecule has 10 heteroatoms. The molecule has 0 aliphatic carbocycles. The average molecular weight is 566 g/mol. The van der Waals surface area contributed by atoms with Crippen LogP contribution in [0.2, 0.25) is 5.02 Å². The molecule has 2 aromatic rings. The van der Waals surface area contributed by atoms with Gasteiger partial charge in [0, 0.05) is 60.9 Å². The fraction of sp³-hybridized carbons (Fsp3) is 0.458. The van der Waals surface area contributed by atoms with Crippen molar-refractivity contribution in [2.24, 2.45) is 5.84 Å². The first-order valence-electron chi connectivity index (χ1n) is 11.7. The fourth-order valence-corrected chi connectivity index (χ4v) is 5.93. The lowest BCUT2D eigenvalue weighted by Gasteiger charge is -2.48. The monoisotopic (exact) mass is 564 g/mol. The Labute approximate surface area is 217 Å². The van der Waals surface area contributed by atoms with Gasteiger partial charge < -0.3 is 4.90 Å². The minimum Gasteiger partial charge on any atom is -0.353 e. The van der Waals surface area contributed by atoms with Gasteiger partial charge in [0.15, 0.2) is 0 Å². The normalized spacial score (nSPS) is 20.4. The minimum atomic E-state index is -0.396. The number of hydrazine groups is 1. The van der Waals surface area contributed by atoms with Crippen LogP contribution in [-0.4, -0.2) is 70.9 Å². The summed E-state index contributed by atoms with van der Waals surface area (Å²) in [6, 6.07) is 11.1. The molecule has 4 rings (SSSR count). The summed E-state index contributed by atoms with van der Waals surface area (Å²) in [7, 11) is 3.89. The van der Waals surface area contributed by atoms with E-state index in [0.29, 0.717) is 22.7 Å². The number of likely N-dealkylation sites (tertiary alicyclic amines) is 1. The molecule has 7 nitrogen and oxygen atoms in total. The molecular formula is C24H31BrClN6OP. The van der Waals surface area contributed by atoms with Crippen LogP contribution in [0.4, 0.5) is 5.82 Å². The Kier molecular flexibility index (Phi) is 8.61. The van der Waals surface area contributed by atoms with Crippen molar-refractivity contribution in [2.45, 2.75) is 38.3 Å². The Morgan fingerprint density at radius 3 is 2.53 bits per heavy atom. The lowest BCUT2D eigenvalue weighted by molar-refractivity contribution is 0.0790. The summed E-state index contributed by atoms with van der Waals surface area (Å²) < 4.78 is 1.09. The number of piperidine rings is 1. The van der Waals surface area contributed by atoms with E-state index < -0.39 is 5.91 Å². The van der Waals surface area contributed by atoms with Gasteiger partial charge in [-0.25, -0.2) is 10.8 Å². The molecule has 2 aliphatic rings. The van der Waals surface area contributed by atoms with Crippen molar-refractivity contribution in [3.05, 3.63) is 57.2 Å². The summed E-state index contributed by atoms with van der Waals surface area (Å²) in [5, 5.41) is 0.478. The van der Waals surface area contributed by atoms with Crippen LogP contribution in [0, 0.1) is 0 Å². The van der Waals surface area contributed by atoms with Gasteiger partial charge in [0.1, 0.15) is 5.82 Å². The number of nitrogens with two attached hydrogens (primary N) is 1. The van der Waals surface area contributed by atoms with E-state index in [-0.39, 0.29) is 0 Å². The summed E-state index contributed by atoms with van der Waals surface area (Å²) >= 11 is 10.0. The first-order chi connectivity index (χ1) is 16.4. The predicted octanol–water partition coefficient (Wildman–Crippen LogP) is 3.79. The molecule has 34 heavy (non-hydrogen) atoms. The third-order valence-corrected chi connectivity index (χ3v) is 8.29. The standard InChI is InChI=1S/C24H31BrClN6OP/c1-2-19-15-31(22-21(26)13-17(14-28-22)23(33)29-27)11-12-32(19)20-7-9-30(10-8-20)24(34)16-3-5-18(25)6-4-16/h3-6,13-14,19-20,34H,2,7-12,15,27H2,1H3,(H,29,33)/t19-/m0/s1. The van der Waals surface area contributed by atoms with E-state index >= 15 is 0 Å². The average Bonchev–Trinajstić information content (AvgIpc) is 2.88. The molecule has 0 saturated carbocycles. The van der Waals surface area contributed by atoms with Gasteiger partial charge >= 0.3 is 0 Å². The number of hydrogen-bond acceptors (Lipinski definition) is 5. The zero-order valence-electron chi connectivity index (χ0n) is 19.3. The van der Waals surface area contributed by atoms with E-state index in [1.807, 2.05) is 0 Å². The highest BCUT2D eigenvalue weighted by Gasteiger charge is 2.34. The van der Waals surface area contributed by atoms with E-state index in [4.69, 9.17) is 17.4 Å². The van der Waals surface area contributed by atoms with Gasteiger partial charge in [-0.1, -0.05) is 46.6 Å². The number of aromatic nitrogens is 1. The molecule has 0 bridgehead atoms. The van der Waals surface area contributed by atoms with E-state index in [2.05, 4.69) is 81.1 Å². The number of carbonyl (C=O) groups excluding carboxylic acids is 1. The van der Waals surface area contributed by atoms with E-state index in [9.17, 15) is 4.79 Å². The van der Waals surface area contributed by atoms with Crippen LogP contribution >= 0.6 is 36.4 Å². The molecule has 2 saturated heterocycles. The topological polar surface area (TPSA) is 77.7 Å². The number of amides is 1. The lowest BCUT2D eigenvalue weighted by Crippen LogP contribution is -2.58. The minimum absolute atomic E-state index is 0.361. The quantitative estimate of drug-likeness (QED) is 0.240. The van der Waals surface area contributed by atoms with E-state index in [1.54, 1.807) is 6.07 Å². The number of pyridine rings is 1. The maximum atomic E-state index is 11.8. The number of halogens is 2. The molecule has 1 atom stereocenters. The first kappa shape index (κ1) is 25.5. The molecule has 0 spiro atoms.